The molecule has 1 aromatic carbocycles. The first-order valence-electron chi connectivity index (χ1n) is 7.62. The second-order valence-corrected chi connectivity index (χ2v) is 7.57. The third-order valence-electron chi connectivity index (χ3n) is 3.14. The Morgan fingerprint density at radius 2 is 1.96 bits per heavy atom. The number of sulfonamides is 1. The molecule has 0 fully saturated rings. The van der Waals surface area contributed by atoms with Crippen LogP contribution in [0.2, 0.25) is 5.02 Å². The first kappa shape index (κ1) is 22.6. The van der Waals surface area contributed by atoms with Crippen molar-refractivity contribution in [2.45, 2.75) is 4.90 Å². The van der Waals surface area contributed by atoms with Crippen LogP contribution in [-0.4, -0.2) is 64.9 Å². The largest absolute Gasteiger partial charge is 0.452 e. The number of ether oxygens (including phenoxy) is 1. The molecule has 0 saturated heterocycles. The molecule has 0 radical (unpaired) electrons. The highest BCUT2D eigenvalue weighted by atomic mass is 35.5. The molecule has 9 nitrogen and oxygen atoms in total. The van der Waals surface area contributed by atoms with Gasteiger partial charge in [0.05, 0.1) is 17.1 Å². The molecule has 2 N–H and O–H groups in total. The summed E-state index contributed by atoms with van der Waals surface area (Å²) in [6.45, 7) is 2.53. The number of hydrogen-bond acceptors (Lipinski definition) is 6. The van der Waals surface area contributed by atoms with Crippen LogP contribution in [0, 0.1) is 0 Å². The predicted molar refractivity (Wildman–Crippen MR) is 98.8 cm³/mol. The van der Waals surface area contributed by atoms with Crippen LogP contribution in [0.15, 0.2) is 35.7 Å². The van der Waals surface area contributed by atoms with E-state index in [0.29, 0.717) is 0 Å². The maximum Gasteiger partial charge on any atom is 0.338 e. The van der Waals surface area contributed by atoms with Crippen LogP contribution in [0.1, 0.15) is 10.4 Å². The van der Waals surface area contributed by atoms with Gasteiger partial charge < -0.3 is 15.0 Å². The zero-order valence-electron chi connectivity index (χ0n) is 14.8. The number of likely N-dealkylation sites (N-methyl/N-ethyl adjacent to an activating group) is 1. The minimum absolute atomic E-state index is 0.0147. The van der Waals surface area contributed by atoms with Crippen molar-refractivity contribution >= 4 is 39.4 Å². The van der Waals surface area contributed by atoms with Crippen molar-refractivity contribution in [2.24, 2.45) is 0 Å². The van der Waals surface area contributed by atoms with Gasteiger partial charge in [-0.1, -0.05) is 17.7 Å². The molecule has 2 amide bonds. The van der Waals surface area contributed by atoms with E-state index in [2.05, 4.69) is 16.6 Å². The second-order valence-electron chi connectivity index (χ2n) is 5.43. The van der Waals surface area contributed by atoms with Crippen LogP contribution in [0.4, 0.5) is 0 Å². The zero-order chi connectivity index (χ0) is 20.6. The van der Waals surface area contributed by atoms with Crippen molar-refractivity contribution in [1.29, 1.82) is 0 Å². The van der Waals surface area contributed by atoms with E-state index in [1.54, 1.807) is 0 Å². The van der Waals surface area contributed by atoms with E-state index in [0.717, 1.165) is 6.07 Å². The van der Waals surface area contributed by atoms with Gasteiger partial charge in [0, 0.05) is 20.6 Å². The van der Waals surface area contributed by atoms with Gasteiger partial charge in [0.1, 0.15) is 4.90 Å². The van der Waals surface area contributed by atoms with Crippen molar-refractivity contribution in [3.8, 4) is 0 Å². The zero-order valence-corrected chi connectivity index (χ0v) is 16.4. The van der Waals surface area contributed by atoms with Crippen molar-refractivity contribution in [3.05, 3.63) is 41.4 Å². The Balaban J connectivity index is 2.76. The number of rotatable bonds is 9. The molecule has 0 aliphatic rings. The lowest BCUT2D eigenvalue weighted by Gasteiger charge is -2.11. The Bertz CT molecular complexity index is 839. The highest BCUT2D eigenvalue weighted by Gasteiger charge is 2.20. The molecule has 148 valence electrons. The first-order valence-corrected chi connectivity index (χ1v) is 9.48. The van der Waals surface area contributed by atoms with Gasteiger partial charge in [0.25, 0.3) is 5.91 Å². The summed E-state index contributed by atoms with van der Waals surface area (Å²) in [5.41, 5.74) is -0.101. The van der Waals surface area contributed by atoms with E-state index < -0.39 is 28.5 Å². The third kappa shape index (κ3) is 7.00. The van der Waals surface area contributed by atoms with Gasteiger partial charge in [0.15, 0.2) is 6.61 Å². The normalized spacial score (nSPS) is 10.8. The van der Waals surface area contributed by atoms with E-state index >= 15 is 0 Å². The fraction of sp³-hybridized carbons (Fsp3) is 0.312. The number of amides is 2. The van der Waals surface area contributed by atoms with E-state index in [-0.39, 0.29) is 34.5 Å². The van der Waals surface area contributed by atoms with Crippen LogP contribution >= 0.6 is 11.6 Å². The summed E-state index contributed by atoms with van der Waals surface area (Å²) in [7, 11) is -0.884. The number of hydrogen-bond donors (Lipinski definition) is 2. The van der Waals surface area contributed by atoms with Gasteiger partial charge >= 0.3 is 5.97 Å². The quantitative estimate of drug-likeness (QED) is 0.436. The van der Waals surface area contributed by atoms with Gasteiger partial charge in [-0.05, 0) is 18.2 Å². The molecule has 0 heterocycles. The van der Waals surface area contributed by atoms with Crippen molar-refractivity contribution in [3.63, 3.8) is 0 Å². The molecule has 11 heteroatoms. The smallest absolute Gasteiger partial charge is 0.338 e. The van der Waals surface area contributed by atoms with Crippen LogP contribution in [0.3, 0.4) is 0 Å². The average molecular weight is 418 g/mol. The monoisotopic (exact) mass is 417 g/mol. The van der Waals surface area contributed by atoms with Crippen LogP contribution in [0.25, 0.3) is 0 Å². The number of halogens is 1. The van der Waals surface area contributed by atoms with E-state index in [9.17, 15) is 22.8 Å². The molecule has 0 saturated carbocycles. The Kier molecular flexibility index (Phi) is 8.41. The molecule has 0 aliphatic carbocycles. The number of nitrogens with zero attached hydrogens (tertiary/aromatic N) is 1. The molecule has 0 bridgehead atoms. The van der Waals surface area contributed by atoms with Crippen molar-refractivity contribution in [2.75, 3.05) is 33.8 Å². The topological polar surface area (TPSA) is 122 Å². The Morgan fingerprint density at radius 3 is 2.56 bits per heavy atom. The molecule has 0 aliphatic heterocycles. The number of esters is 1. The molecule has 0 atom stereocenters. The molecule has 1 aromatic rings. The summed E-state index contributed by atoms with van der Waals surface area (Å²) in [6.07, 6.45) is 1.35. The average Bonchev–Trinajstić information content (AvgIpc) is 2.62. The second kappa shape index (κ2) is 10.0. The first-order chi connectivity index (χ1) is 12.6. The molecule has 0 unspecified atom stereocenters. The summed E-state index contributed by atoms with van der Waals surface area (Å²) in [5, 5.41) is 2.21. The summed E-state index contributed by atoms with van der Waals surface area (Å²) < 4.78 is 31.4. The molecule has 27 heavy (non-hydrogen) atoms. The summed E-state index contributed by atoms with van der Waals surface area (Å²) in [5.74, 6) is -1.91. The van der Waals surface area contributed by atoms with Crippen molar-refractivity contribution < 1.29 is 27.5 Å². The molecule has 0 spiro atoms. The molecular weight excluding hydrogens is 398 g/mol. The minimum atomic E-state index is -3.95. The molecule has 0 aromatic heterocycles. The predicted octanol–water partition coefficient (Wildman–Crippen LogP) is 0.166. The lowest BCUT2D eigenvalue weighted by molar-refractivity contribution is -0.131. The summed E-state index contributed by atoms with van der Waals surface area (Å²) >= 11 is 5.89. The van der Waals surface area contributed by atoms with E-state index in [1.807, 2.05) is 0 Å². The van der Waals surface area contributed by atoms with Crippen LogP contribution in [-0.2, 0) is 24.3 Å². The maximum absolute atomic E-state index is 12.2. The molecule has 1 rings (SSSR count). The maximum atomic E-state index is 12.2. The fourth-order valence-corrected chi connectivity index (χ4v) is 3.20. The number of carbonyl (C=O) groups excluding carboxylic acids is 3. The highest BCUT2D eigenvalue weighted by Crippen LogP contribution is 2.23. The third-order valence-corrected chi connectivity index (χ3v) is 5.05. The van der Waals surface area contributed by atoms with E-state index in [4.69, 9.17) is 16.3 Å². The standard InChI is InChI=1S/C16H20ClN3O6S/c1-4-7-19-27(24,25)13-8-11(5-6-12(13)17)16(23)26-10-14(21)18-9-15(22)20(2)3/h4-6,8,19H,1,7,9-10H2,2-3H3,(H,18,21). The van der Waals surface area contributed by atoms with Gasteiger partial charge in [-0.25, -0.2) is 17.9 Å². The Labute approximate surface area is 162 Å². The van der Waals surface area contributed by atoms with Gasteiger partial charge in [-0.3, -0.25) is 9.59 Å². The van der Waals surface area contributed by atoms with Gasteiger partial charge in [0.2, 0.25) is 15.9 Å². The number of benzene rings is 1. The molecular formula is C16H20ClN3O6S. The highest BCUT2D eigenvalue weighted by molar-refractivity contribution is 7.89. The SMILES string of the molecule is C=CCNS(=O)(=O)c1cc(C(=O)OCC(=O)NCC(=O)N(C)C)ccc1Cl. The van der Waals surface area contributed by atoms with Crippen LogP contribution in [0.5, 0.6) is 0 Å². The number of nitrogens with one attached hydrogen (secondary N) is 2. The van der Waals surface area contributed by atoms with Gasteiger partial charge in [-0.2, -0.15) is 0 Å². The van der Waals surface area contributed by atoms with E-state index in [1.165, 1.54) is 37.2 Å². The van der Waals surface area contributed by atoms with Gasteiger partial charge in [-0.15, -0.1) is 6.58 Å². The van der Waals surface area contributed by atoms with Crippen molar-refractivity contribution in [1.82, 2.24) is 14.9 Å². The lowest BCUT2D eigenvalue weighted by Crippen LogP contribution is -2.38. The fourth-order valence-electron chi connectivity index (χ4n) is 1.68. The Morgan fingerprint density at radius 1 is 1.30 bits per heavy atom. The minimum Gasteiger partial charge on any atom is -0.452 e. The summed E-state index contributed by atoms with van der Waals surface area (Å²) in [6, 6.07) is 3.55. The van der Waals surface area contributed by atoms with Crippen LogP contribution < -0.4 is 10.0 Å². The number of carbonyl (C=O) groups is 3. The Hall–Kier alpha value is -2.43. The lowest BCUT2D eigenvalue weighted by atomic mass is 10.2. The summed E-state index contributed by atoms with van der Waals surface area (Å²) in [4.78, 5) is 36.0.